The van der Waals surface area contributed by atoms with Crippen LogP contribution in [0.3, 0.4) is 0 Å². The van der Waals surface area contributed by atoms with Crippen molar-refractivity contribution in [2.45, 2.75) is 89.3 Å². The highest BCUT2D eigenvalue weighted by Gasteiger charge is 2.62. The zero-order chi connectivity index (χ0) is 19.4. The molecule has 1 fully saturated rings. The molecular formula is C25H37NS. The molecule has 3 aliphatic rings. The van der Waals surface area contributed by atoms with Crippen LogP contribution in [0, 0.1) is 5.92 Å². The van der Waals surface area contributed by atoms with Gasteiger partial charge >= 0.3 is 0 Å². The summed E-state index contributed by atoms with van der Waals surface area (Å²) in [6.45, 7) is 16.8. The molecule has 4 rings (SSSR count). The van der Waals surface area contributed by atoms with E-state index in [-0.39, 0.29) is 0 Å². The molecule has 2 heteroatoms. The molecule has 1 aromatic carbocycles. The van der Waals surface area contributed by atoms with Gasteiger partial charge in [-0.1, -0.05) is 59.7 Å². The minimum Gasteiger partial charge on any atom is -0.288 e. The lowest BCUT2D eigenvalue weighted by Gasteiger charge is -2.42. The zero-order valence-electron chi connectivity index (χ0n) is 18.2. The highest BCUT2D eigenvalue weighted by atomic mass is 32.2. The van der Waals surface area contributed by atoms with E-state index in [1.54, 1.807) is 16.7 Å². The molecule has 1 saturated carbocycles. The fourth-order valence-electron chi connectivity index (χ4n) is 5.46. The number of thioether (sulfide) groups is 1. The highest BCUT2D eigenvalue weighted by molar-refractivity contribution is 8.04. The second-order valence-corrected chi connectivity index (χ2v) is 11.5. The van der Waals surface area contributed by atoms with Crippen LogP contribution in [0.15, 0.2) is 23.6 Å². The predicted molar refractivity (Wildman–Crippen MR) is 120 cm³/mol. The Bertz CT molecular complexity index is 754. The van der Waals surface area contributed by atoms with E-state index < -0.39 is 0 Å². The van der Waals surface area contributed by atoms with Crippen molar-refractivity contribution in [1.82, 2.24) is 4.90 Å². The van der Waals surface area contributed by atoms with Gasteiger partial charge in [0.05, 0.1) is 4.87 Å². The SMILES string of the molecule is CCCN(CCC)C12CC1C(c1ccc3c(c1)C(C)(C)CCC3(C)C)=CS2. The third kappa shape index (κ3) is 3.12. The number of nitrogens with zero attached hydrogens (tertiary/aromatic N) is 1. The molecule has 0 N–H and O–H groups in total. The lowest BCUT2D eigenvalue weighted by atomic mass is 9.63. The van der Waals surface area contributed by atoms with Gasteiger partial charge in [0.1, 0.15) is 0 Å². The molecule has 0 bridgehead atoms. The fraction of sp³-hybridized carbons (Fsp3) is 0.680. The normalized spacial score (nSPS) is 30.0. The zero-order valence-corrected chi connectivity index (χ0v) is 19.0. The van der Waals surface area contributed by atoms with Crippen LogP contribution in [0.2, 0.25) is 0 Å². The van der Waals surface area contributed by atoms with Gasteiger partial charge in [-0.3, -0.25) is 4.90 Å². The molecule has 0 radical (unpaired) electrons. The first-order valence-corrected chi connectivity index (χ1v) is 11.9. The first kappa shape index (κ1) is 19.6. The minimum absolute atomic E-state index is 0.296. The van der Waals surface area contributed by atoms with Crippen molar-refractivity contribution in [1.29, 1.82) is 0 Å². The average Bonchev–Trinajstić information content (AvgIpc) is 3.24. The molecule has 148 valence electrons. The molecule has 2 unspecified atom stereocenters. The first-order chi connectivity index (χ1) is 12.7. The summed E-state index contributed by atoms with van der Waals surface area (Å²) in [4.78, 5) is 3.16. The largest absolute Gasteiger partial charge is 0.288 e. The van der Waals surface area contributed by atoms with Crippen molar-refractivity contribution < 1.29 is 0 Å². The lowest BCUT2D eigenvalue weighted by Crippen LogP contribution is -2.36. The summed E-state index contributed by atoms with van der Waals surface area (Å²) in [6, 6.07) is 7.43. The van der Waals surface area contributed by atoms with Gasteiger partial charge in [-0.25, -0.2) is 0 Å². The summed E-state index contributed by atoms with van der Waals surface area (Å²) in [5.74, 6) is 0.735. The second kappa shape index (κ2) is 6.66. The molecule has 2 atom stereocenters. The lowest BCUT2D eigenvalue weighted by molar-refractivity contribution is 0.238. The van der Waals surface area contributed by atoms with Gasteiger partial charge in [0.2, 0.25) is 0 Å². The Hall–Kier alpha value is -0.730. The predicted octanol–water partition coefficient (Wildman–Crippen LogP) is 6.96. The quantitative estimate of drug-likeness (QED) is 0.522. The minimum atomic E-state index is 0.296. The summed E-state index contributed by atoms with van der Waals surface area (Å²) < 4.78 is 0. The summed E-state index contributed by atoms with van der Waals surface area (Å²) in [7, 11) is 0. The Balaban J connectivity index is 1.63. The molecular weight excluding hydrogens is 346 g/mol. The van der Waals surface area contributed by atoms with Crippen molar-refractivity contribution in [3.05, 3.63) is 40.3 Å². The van der Waals surface area contributed by atoms with Crippen molar-refractivity contribution in [3.63, 3.8) is 0 Å². The highest BCUT2D eigenvalue weighted by Crippen LogP contribution is 2.67. The van der Waals surface area contributed by atoms with Gasteiger partial charge in [-0.15, -0.1) is 11.8 Å². The molecule has 0 amide bonds. The van der Waals surface area contributed by atoms with E-state index in [0.29, 0.717) is 15.7 Å². The maximum atomic E-state index is 2.78. The van der Waals surface area contributed by atoms with Crippen LogP contribution in [0.1, 0.15) is 90.3 Å². The molecule has 1 aromatic rings. The number of benzene rings is 1. The maximum absolute atomic E-state index is 2.78. The number of fused-ring (bicyclic) bond motifs is 2. The molecule has 27 heavy (non-hydrogen) atoms. The van der Waals surface area contributed by atoms with E-state index in [9.17, 15) is 0 Å². The Morgan fingerprint density at radius 2 is 1.59 bits per heavy atom. The second-order valence-electron chi connectivity index (χ2n) is 10.3. The van der Waals surface area contributed by atoms with Gasteiger partial charge in [0.15, 0.2) is 0 Å². The third-order valence-corrected chi connectivity index (χ3v) is 8.84. The summed E-state index contributed by atoms with van der Waals surface area (Å²) in [6.07, 6.45) is 6.44. The van der Waals surface area contributed by atoms with E-state index >= 15 is 0 Å². The summed E-state index contributed by atoms with van der Waals surface area (Å²) in [5, 5.41) is 2.50. The van der Waals surface area contributed by atoms with E-state index in [0.717, 1.165) is 5.92 Å². The maximum Gasteiger partial charge on any atom is 0.0788 e. The van der Waals surface area contributed by atoms with Crippen molar-refractivity contribution in [2.75, 3.05) is 13.1 Å². The van der Waals surface area contributed by atoms with Crippen LogP contribution >= 0.6 is 11.8 Å². The van der Waals surface area contributed by atoms with Crippen LogP contribution in [0.25, 0.3) is 5.57 Å². The number of hydrogen-bond donors (Lipinski definition) is 0. The van der Waals surface area contributed by atoms with Gasteiger partial charge in [-0.05, 0) is 83.7 Å². The molecule has 0 aromatic heterocycles. The Morgan fingerprint density at radius 3 is 2.19 bits per heavy atom. The van der Waals surface area contributed by atoms with Crippen LogP contribution < -0.4 is 0 Å². The smallest absolute Gasteiger partial charge is 0.0788 e. The van der Waals surface area contributed by atoms with Crippen LogP contribution in [-0.4, -0.2) is 22.9 Å². The summed E-state index contributed by atoms with van der Waals surface area (Å²) in [5.41, 5.74) is 6.88. The Kier molecular flexibility index (Phi) is 4.83. The van der Waals surface area contributed by atoms with Crippen LogP contribution in [-0.2, 0) is 10.8 Å². The van der Waals surface area contributed by atoms with Gasteiger partial charge in [-0.2, -0.15) is 0 Å². The van der Waals surface area contributed by atoms with Crippen LogP contribution in [0.5, 0.6) is 0 Å². The Labute approximate surface area is 171 Å². The van der Waals surface area contributed by atoms with E-state index in [4.69, 9.17) is 0 Å². The monoisotopic (exact) mass is 383 g/mol. The van der Waals surface area contributed by atoms with Crippen LogP contribution in [0.4, 0.5) is 0 Å². The molecule has 1 heterocycles. The van der Waals surface area contributed by atoms with E-state index in [1.165, 1.54) is 50.8 Å². The van der Waals surface area contributed by atoms with Crippen molar-refractivity contribution >= 4 is 17.3 Å². The molecule has 0 spiro atoms. The van der Waals surface area contributed by atoms with Crippen molar-refractivity contribution in [2.24, 2.45) is 5.92 Å². The van der Waals surface area contributed by atoms with Crippen molar-refractivity contribution in [3.8, 4) is 0 Å². The number of rotatable bonds is 6. The van der Waals surface area contributed by atoms with E-state index in [1.807, 2.05) is 0 Å². The standard InChI is InChI=1S/C25H37NS/c1-7-13-26(14-8-2)25-16-22(25)19(17-27-25)18-9-10-20-21(15-18)24(5,6)12-11-23(20,3)4/h9-10,15,17,22H,7-8,11-14,16H2,1-6H3. The third-order valence-electron chi connectivity index (χ3n) is 7.35. The van der Waals surface area contributed by atoms with E-state index in [2.05, 4.69) is 81.8 Å². The molecule has 2 aliphatic carbocycles. The van der Waals surface area contributed by atoms with Gasteiger partial charge < -0.3 is 0 Å². The fourth-order valence-corrected chi connectivity index (χ4v) is 6.97. The Morgan fingerprint density at radius 1 is 0.963 bits per heavy atom. The topological polar surface area (TPSA) is 3.24 Å². The molecule has 1 nitrogen and oxygen atoms in total. The first-order valence-electron chi connectivity index (χ1n) is 11.0. The summed E-state index contributed by atoms with van der Waals surface area (Å²) >= 11 is 2.11. The molecule has 1 aliphatic heterocycles. The van der Waals surface area contributed by atoms with Gasteiger partial charge in [0, 0.05) is 5.92 Å². The number of hydrogen-bond acceptors (Lipinski definition) is 2. The average molecular weight is 384 g/mol. The van der Waals surface area contributed by atoms with Gasteiger partial charge in [0.25, 0.3) is 0 Å². The molecule has 0 saturated heterocycles.